The van der Waals surface area contributed by atoms with Crippen LogP contribution >= 0.6 is 12.4 Å². The third-order valence-electron chi connectivity index (χ3n) is 5.99. The maximum Gasteiger partial charge on any atom is 0.310 e. The lowest BCUT2D eigenvalue weighted by atomic mass is 9.79. The number of para-hydroxylation sites is 2. The van der Waals surface area contributed by atoms with Crippen molar-refractivity contribution in [1.82, 2.24) is 15.1 Å². The molecule has 0 atom stereocenters. The molecule has 162 valence electrons. The molecule has 9 heteroatoms. The standard InChI is InChI=1S/C20H30N4O4.ClH/c1-22-11-13-23(14-12-22)20(9-5-2-6-10-20)16-21-19(25)15-28-18-8-4-3-7-17(18)24(26)27;/h3-4,7-8H,2,5-6,9-16H2,1H3,(H,21,25);1H. The lowest BCUT2D eigenvalue weighted by Crippen LogP contribution is -2.61. The minimum atomic E-state index is -0.502. The third-order valence-corrected chi connectivity index (χ3v) is 5.99. The third kappa shape index (κ3) is 6.04. The van der Waals surface area contributed by atoms with Gasteiger partial charge in [-0.15, -0.1) is 12.4 Å². The Labute approximate surface area is 178 Å². The summed E-state index contributed by atoms with van der Waals surface area (Å²) in [7, 11) is 2.15. The van der Waals surface area contributed by atoms with E-state index in [9.17, 15) is 14.9 Å². The normalized spacial score (nSPS) is 19.8. The van der Waals surface area contributed by atoms with Crippen LogP contribution in [-0.2, 0) is 4.79 Å². The Morgan fingerprint density at radius 2 is 1.83 bits per heavy atom. The largest absolute Gasteiger partial charge is 0.477 e. The second-order valence-electron chi connectivity index (χ2n) is 7.87. The summed E-state index contributed by atoms with van der Waals surface area (Å²) in [6, 6.07) is 6.12. The number of halogens is 1. The molecule has 2 fully saturated rings. The zero-order valence-electron chi connectivity index (χ0n) is 17.0. The number of hydrogen-bond donors (Lipinski definition) is 1. The van der Waals surface area contributed by atoms with Crippen LogP contribution in [0.5, 0.6) is 5.75 Å². The van der Waals surface area contributed by atoms with Gasteiger partial charge < -0.3 is 15.0 Å². The maximum atomic E-state index is 12.4. The van der Waals surface area contributed by atoms with Crippen LogP contribution in [0.15, 0.2) is 24.3 Å². The molecule has 29 heavy (non-hydrogen) atoms. The van der Waals surface area contributed by atoms with Crippen LogP contribution in [-0.4, -0.2) is 72.5 Å². The van der Waals surface area contributed by atoms with Crippen LogP contribution in [0.3, 0.4) is 0 Å². The molecule has 0 bridgehead atoms. The quantitative estimate of drug-likeness (QED) is 0.532. The van der Waals surface area contributed by atoms with E-state index in [-0.39, 0.29) is 41.9 Å². The fourth-order valence-corrected chi connectivity index (χ4v) is 4.28. The highest BCUT2D eigenvalue weighted by atomic mass is 35.5. The van der Waals surface area contributed by atoms with Crippen molar-refractivity contribution in [2.75, 3.05) is 46.4 Å². The number of nitro groups is 1. The molecule has 1 aliphatic heterocycles. The first-order valence-corrected chi connectivity index (χ1v) is 10.1. The number of carbonyl (C=O) groups excluding carboxylic acids is 1. The van der Waals surface area contributed by atoms with E-state index < -0.39 is 4.92 Å². The number of likely N-dealkylation sites (N-methyl/N-ethyl adjacent to an activating group) is 1. The number of benzene rings is 1. The van der Waals surface area contributed by atoms with Crippen LogP contribution in [0.25, 0.3) is 0 Å². The van der Waals surface area contributed by atoms with Gasteiger partial charge in [-0.05, 0) is 26.0 Å². The molecule has 1 aromatic carbocycles. The number of rotatable bonds is 7. The Hall–Kier alpha value is -1.90. The smallest absolute Gasteiger partial charge is 0.310 e. The van der Waals surface area contributed by atoms with E-state index in [1.807, 2.05) is 0 Å². The van der Waals surface area contributed by atoms with Crippen LogP contribution < -0.4 is 10.1 Å². The van der Waals surface area contributed by atoms with Crippen LogP contribution in [0, 0.1) is 10.1 Å². The van der Waals surface area contributed by atoms with Gasteiger partial charge in [-0.2, -0.15) is 0 Å². The van der Waals surface area contributed by atoms with Crippen molar-refractivity contribution < 1.29 is 14.5 Å². The first kappa shape index (κ1) is 23.4. The summed E-state index contributed by atoms with van der Waals surface area (Å²) >= 11 is 0. The number of nitro benzene ring substituents is 1. The van der Waals surface area contributed by atoms with E-state index in [4.69, 9.17) is 4.74 Å². The summed E-state index contributed by atoms with van der Waals surface area (Å²) in [6.45, 7) is 4.55. The predicted octanol–water partition coefficient (Wildman–Crippen LogP) is 2.46. The molecule has 1 N–H and O–H groups in total. The number of nitrogens with one attached hydrogen (secondary N) is 1. The number of piperazine rings is 1. The summed E-state index contributed by atoms with van der Waals surface area (Å²) < 4.78 is 5.42. The first-order chi connectivity index (χ1) is 13.5. The maximum absolute atomic E-state index is 12.4. The Morgan fingerprint density at radius 1 is 1.17 bits per heavy atom. The average Bonchev–Trinajstić information content (AvgIpc) is 2.72. The lowest BCUT2D eigenvalue weighted by molar-refractivity contribution is -0.385. The molecule has 1 amide bonds. The number of ether oxygens (including phenoxy) is 1. The number of amides is 1. The summed E-state index contributed by atoms with van der Waals surface area (Å²) in [5.74, 6) is -0.119. The SMILES string of the molecule is CN1CCN(C2(CNC(=O)COc3ccccc3[N+](=O)[O-])CCCCC2)CC1.Cl. The van der Waals surface area contributed by atoms with Gasteiger partial charge in [-0.1, -0.05) is 31.4 Å². The van der Waals surface area contributed by atoms with Crippen molar-refractivity contribution in [2.24, 2.45) is 0 Å². The van der Waals surface area contributed by atoms with Gasteiger partial charge in [0.1, 0.15) is 0 Å². The minimum absolute atomic E-state index is 0. The summed E-state index contributed by atoms with van der Waals surface area (Å²) in [5, 5.41) is 14.1. The van der Waals surface area contributed by atoms with Crippen molar-refractivity contribution in [1.29, 1.82) is 0 Å². The second-order valence-corrected chi connectivity index (χ2v) is 7.87. The van der Waals surface area contributed by atoms with E-state index in [2.05, 4.69) is 22.2 Å². The van der Waals surface area contributed by atoms with Crippen LogP contribution in [0.4, 0.5) is 5.69 Å². The van der Waals surface area contributed by atoms with Gasteiger partial charge in [0.05, 0.1) is 4.92 Å². The zero-order valence-corrected chi connectivity index (χ0v) is 17.8. The van der Waals surface area contributed by atoms with E-state index in [0.29, 0.717) is 6.54 Å². The number of nitrogens with zero attached hydrogens (tertiary/aromatic N) is 3. The lowest BCUT2D eigenvalue weighted by Gasteiger charge is -2.49. The van der Waals surface area contributed by atoms with Gasteiger partial charge in [-0.3, -0.25) is 19.8 Å². The Balaban J connectivity index is 0.00000300. The molecule has 8 nitrogen and oxygen atoms in total. The zero-order chi connectivity index (χ0) is 20.0. The van der Waals surface area contributed by atoms with Crippen LogP contribution in [0.1, 0.15) is 32.1 Å². The highest BCUT2D eigenvalue weighted by Crippen LogP contribution is 2.34. The molecule has 1 saturated heterocycles. The van der Waals surface area contributed by atoms with Gasteiger partial charge in [0.25, 0.3) is 5.91 Å². The van der Waals surface area contributed by atoms with E-state index >= 15 is 0 Å². The van der Waals surface area contributed by atoms with Crippen molar-refractivity contribution in [3.63, 3.8) is 0 Å². The van der Waals surface area contributed by atoms with Gasteiger partial charge in [0.2, 0.25) is 0 Å². The van der Waals surface area contributed by atoms with Crippen LogP contribution in [0.2, 0.25) is 0 Å². The minimum Gasteiger partial charge on any atom is -0.477 e. The molecule has 0 radical (unpaired) electrons. The molecule has 0 unspecified atom stereocenters. The monoisotopic (exact) mass is 426 g/mol. The van der Waals surface area contributed by atoms with Crippen molar-refractivity contribution in [2.45, 2.75) is 37.6 Å². The van der Waals surface area contributed by atoms with Crippen molar-refractivity contribution >= 4 is 24.0 Å². The fourth-order valence-electron chi connectivity index (χ4n) is 4.28. The second kappa shape index (κ2) is 10.8. The first-order valence-electron chi connectivity index (χ1n) is 10.1. The number of hydrogen-bond acceptors (Lipinski definition) is 6. The highest BCUT2D eigenvalue weighted by molar-refractivity contribution is 5.85. The summed E-state index contributed by atoms with van der Waals surface area (Å²) in [4.78, 5) is 27.8. The van der Waals surface area contributed by atoms with E-state index in [1.54, 1.807) is 12.1 Å². The molecule has 1 aliphatic carbocycles. The summed E-state index contributed by atoms with van der Waals surface area (Å²) in [6.07, 6.45) is 5.83. The molecule has 1 aromatic rings. The molecule has 0 spiro atoms. The molecule has 1 heterocycles. The molecule has 0 aromatic heterocycles. The van der Waals surface area contributed by atoms with E-state index in [0.717, 1.165) is 39.0 Å². The summed E-state index contributed by atoms with van der Waals surface area (Å²) in [5.41, 5.74) is -0.107. The Bertz CT molecular complexity index is 689. The van der Waals surface area contributed by atoms with Gasteiger partial charge in [-0.25, -0.2) is 0 Å². The van der Waals surface area contributed by atoms with E-state index in [1.165, 1.54) is 31.4 Å². The van der Waals surface area contributed by atoms with Gasteiger partial charge in [0.15, 0.2) is 12.4 Å². The highest BCUT2D eigenvalue weighted by Gasteiger charge is 2.39. The van der Waals surface area contributed by atoms with Crippen molar-refractivity contribution in [3.05, 3.63) is 34.4 Å². The molecular formula is C20H31ClN4O4. The Kier molecular flexibility index (Phi) is 8.67. The average molecular weight is 427 g/mol. The predicted molar refractivity (Wildman–Crippen MR) is 114 cm³/mol. The molecule has 1 saturated carbocycles. The number of carbonyl (C=O) groups is 1. The molecule has 2 aliphatic rings. The van der Waals surface area contributed by atoms with Gasteiger partial charge >= 0.3 is 5.69 Å². The molecular weight excluding hydrogens is 396 g/mol. The fraction of sp³-hybridized carbons (Fsp3) is 0.650. The van der Waals surface area contributed by atoms with Crippen molar-refractivity contribution in [3.8, 4) is 5.75 Å². The Morgan fingerprint density at radius 3 is 2.48 bits per heavy atom. The topological polar surface area (TPSA) is 88.0 Å². The molecule has 3 rings (SSSR count). The van der Waals surface area contributed by atoms with Gasteiger partial charge in [0, 0.05) is 44.3 Å².